The van der Waals surface area contributed by atoms with Gasteiger partial charge in [-0.1, -0.05) is 50.1 Å². The molecule has 0 saturated carbocycles. The van der Waals surface area contributed by atoms with Gasteiger partial charge in [-0.3, -0.25) is 0 Å². The zero-order chi connectivity index (χ0) is 14.8. The van der Waals surface area contributed by atoms with E-state index < -0.39 is 0 Å². The van der Waals surface area contributed by atoms with Crippen molar-refractivity contribution in [2.75, 3.05) is 12.4 Å². The van der Waals surface area contributed by atoms with Crippen LogP contribution in [0.25, 0.3) is 0 Å². The Kier molecular flexibility index (Phi) is 4.97. The molecular weight excluding hydrogens is 412 g/mol. The van der Waals surface area contributed by atoms with Crippen molar-refractivity contribution in [1.82, 2.24) is 0 Å². The van der Waals surface area contributed by atoms with E-state index in [1.54, 1.807) is 0 Å². The van der Waals surface area contributed by atoms with Crippen molar-refractivity contribution < 1.29 is 4.74 Å². The van der Waals surface area contributed by atoms with Crippen molar-refractivity contribution in [2.45, 2.75) is 23.1 Å². The second-order valence-corrected chi connectivity index (χ2v) is 7.74. The molecule has 0 bridgehead atoms. The van der Waals surface area contributed by atoms with Crippen LogP contribution in [0, 0.1) is 6.92 Å². The van der Waals surface area contributed by atoms with Crippen LogP contribution in [-0.4, -0.2) is 12.4 Å². The number of hydrogen-bond acceptors (Lipinski definition) is 2. The van der Waals surface area contributed by atoms with Gasteiger partial charge in [0.25, 0.3) is 0 Å². The van der Waals surface area contributed by atoms with Crippen LogP contribution in [-0.2, 0) is 5.33 Å². The molecule has 0 N–H and O–H groups in total. The maximum absolute atomic E-state index is 6.19. The van der Waals surface area contributed by atoms with Crippen LogP contribution in [0.4, 0.5) is 0 Å². The first-order valence-corrected chi connectivity index (χ1v) is 9.78. The number of rotatable bonds is 4. The van der Waals surface area contributed by atoms with E-state index in [0.717, 1.165) is 27.9 Å². The van der Waals surface area contributed by atoms with E-state index in [4.69, 9.17) is 4.74 Å². The van der Waals surface area contributed by atoms with Gasteiger partial charge in [-0.25, -0.2) is 0 Å². The Hall–Kier alpha value is -0.450. The Morgan fingerprint density at radius 2 is 2.10 bits per heavy atom. The van der Waals surface area contributed by atoms with Gasteiger partial charge in [0.15, 0.2) is 0 Å². The number of hydrogen-bond donors (Lipinski definition) is 0. The Bertz CT molecular complexity index is 657. The van der Waals surface area contributed by atoms with E-state index in [-0.39, 0.29) is 0 Å². The lowest BCUT2D eigenvalue weighted by molar-refractivity contribution is 0.294. The van der Waals surface area contributed by atoms with Gasteiger partial charge in [0.2, 0.25) is 0 Å². The molecule has 0 aromatic heterocycles. The predicted molar refractivity (Wildman–Crippen MR) is 96.9 cm³/mol. The van der Waals surface area contributed by atoms with E-state index >= 15 is 0 Å². The summed E-state index contributed by atoms with van der Waals surface area (Å²) >= 11 is 9.03. The third kappa shape index (κ3) is 3.33. The van der Waals surface area contributed by atoms with Crippen molar-refractivity contribution in [2.24, 2.45) is 0 Å². The first-order chi connectivity index (χ1) is 10.2. The average Bonchev–Trinajstić information content (AvgIpc) is 2.89. The molecule has 0 spiro atoms. The van der Waals surface area contributed by atoms with Crippen LogP contribution in [0.2, 0.25) is 0 Å². The molecule has 1 unspecified atom stereocenters. The molecule has 1 nitrogen and oxygen atoms in total. The highest BCUT2D eigenvalue weighted by atomic mass is 79.9. The van der Waals surface area contributed by atoms with Gasteiger partial charge in [-0.15, -0.1) is 11.8 Å². The summed E-state index contributed by atoms with van der Waals surface area (Å²) in [6, 6.07) is 12.9. The minimum atomic E-state index is 0.484. The van der Waals surface area contributed by atoms with Gasteiger partial charge < -0.3 is 4.74 Å². The zero-order valence-electron chi connectivity index (χ0n) is 11.7. The highest BCUT2D eigenvalue weighted by Gasteiger charge is 2.23. The van der Waals surface area contributed by atoms with Crippen LogP contribution in [0.1, 0.15) is 22.6 Å². The fraction of sp³-hybridized carbons (Fsp3) is 0.294. The molecule has 0 fully saturated rings. The van der Waals surface area contributed by atoms with Crippen LogP contribution < -0.4 is 4.74 Å². The van der Waals surface area contributed by atoms with Crippen LogP contribution >= 0.6 is 43.6 Å². The van der Waals surface area contributed by atoms with Gasteiger partial charge in [0.05, 0.1) is 6.61 Å². The molecular formula is C17H16Br2OS. The highest BCUT2D eigenvalue weighted by Crippen LogP contribution is 2.40. The summed E-state index contributed by atoms with van der Waals surface area (Å²) in [4.78, 5) is 1.40. The van der Waals surface area contributed by atoms with E-state index in [0.29, 0.717) is 5.92 Å². The number of fused-ring (bicyclic) bond motifs is 1. The lowest BCUT2D eigenvalue weighted by Gasteiger charge is -2.17. The molecule has 1 aliphatic heterocycles. The molecule has 0 saturated heterocycles. The topological polar surface area (TPSA) is 9.23 Å². The highest BCUT2D eigenvalue weighted by molar-refractivity contribution is 9.10. The van der Waals surface area contributed by atoms with Crippen molar-refractivity contribution in [3.8, 4) is 5.75 Å². The summed E-state index contributed by atoms with van der Waals surface area (Å²) < 4.78 is 7.29. The van der Waals surface area contributed by atoms with Crippen molar-refractivity contribution in [3.63, 3.8) is 0 Å². The van der Waals surface area contributed by atoms with Gasteiger partial charge in [-0.2, -0.15) is 0 Å². The third-order valence-corrected chi connectivity index (χ3v) is 6.00. The molecule has 1 heterocycles. The van der Waals surface area contributed by atoms with Crippen molar-refractivity contribution >= 4 is 43.6 Å². The number of thioether (sulfide) groups is 1. The fourth-order valence-corrected chi connectivity index (χ4v) is 4.93. The van der Waals surface area contributed by atoms with Crippen LogP contribution in [0.15, 0.2) is 45.8 Å². The second-order valence-electron chi connectivity index (χ2n) is 5.20. The molecule has 21 heavy (non-hydrogen) atoms. The zero-order valence-corrected chi connectivity index (χ0v) is 15.7. The van der Waals surface area contributed by atoms with E-state index in [9.17, 15) is 0 Å². The molecule has 2 aromatic carbocycles. The lowest BCUT2D eigenvalue weighted by Crippen LogP contribution is -2.11. The van der Waals surface area contributed by atoms with Crippen LogP contribution in [0.5, 0.6) is 5.75 Å². The average molecular weight is 428 g/mol. The number of halogens is 2. The normalized spacial score (nSPS) is 16.8. The Morgan fingerprint density at radius 1 is 1.29 bits per heavy atom. The monoisotopic (exact) mass is 426 g/mol. The molecule has 0 amide bonds. The van der Waals surface area contributed by atoms with E-state index in [2.05, 4.69) is 75.2 Å². The fourth-order valence-electron chi connectivity index (χ4n) is 2.66. The third-order valence-electron chi connectivity index (χ3n) is 3.69. The first-order valence-electron chi connectivity index (χ1n) is 6.88. The lowest BCUT2D eigenvalue weighted by atomic mass is 10.0. The maximum atomic E-state index is 6.19. The molecule has 4 heteroatoms. The summed E-state index contributed by atoms with van der Waals surface area (Å²) in [5.41, 5.74) is 3.80. The van der Waals surface area contributed by atoms with Gasteiger partial charge >= 0.3 is 0 Å². The number of aryl methyl sites for hydroxylation is 1. The summed E-state index contributed by atoms with van der Waals surface area (Å²) in [6.07, 6.45) is 0. The molecule has 0 radical (unpaired) electrons. The maximum Gasteiger partial charge on any atom is 0.126 e. The second kappa shape index (κ2) is 6.76. The van der Waals surface area contributed by atoms with E-state index in [1.807, 2.05) is 11.8 Å². The Morgan fingerprint density at radius 3 is 2.90 bits per heavy atom. The van der Waals surface area contributed by atoms with Crippen molar-refractivity contribution in [1.29, 1.82) is 0 Å². The number of ether oxygens (including phenoxy) is 1. The van der Waals surface area contributed by atoms with Crippen molar-refractivity contribution in [3.05, 3.63) is 57.6 Å². The molecule has 3 rings (SSSR count). The summed E-state index contributed by atoms with van der Waals surface area (Å²) in [6.45, 7) is 2.84. The first kappa shape index (κ1) is 15.4. The Balaban J connectivity index is 1.78. The van der Waals surface area contributed by atoms with Crippen LogP contribution in [0.3, 0.4) is 0 Å². The minimum absolute atomic E-state index is 0.484. The molecule has 110 valence electrons. The standard InChI is InChI=1S/C17H16Br2OS/c1-11-6-14(19)7-12(8-18)17(11)20-9-13-10-21-16-5-3-2-4-15(13)16/h2-7,13H,8-10H2,1H3. The molecule has 2 aromatic rings. The Labute approximate surface area is 146 Å². The smallest absolute Gasteiger partial charge is 0.126 e. The molecule has 1 aliphatic rings. The molecule has 1 atom stereocenters. The van der Waals surface area contributed by atoms with Gasteiger partial charge in [-0.05, 0) is 36.2 Å². The van der Waals surface area contributed by atoms with E-state index in [1.165, 1.54) is 21.6 Å². The predicted octanol–water partition coefficient (Wildman–Crippen LogP) is 5.92. The molecule has 0 aliphatic carbocycles. The number of benzene rings is 2. The SMILES string of the molecule is Cc1cc(Br)cc(CBr)c1OCC1CSc2ccccc21. The summed E-state index contributed by atoms with van der Waals surface area (Å²) in [5, 5.41) is 0.804. The van der Waals surface area contributed by atoms with Gasteiger partial charge in [0.1, 0.15) is 5.75 Å². The summed E-state index contributed by atoms with van der Waals surface area (Å²) in [7, 11) is 0. The largest absolute Gasteiger partial charge is 0.492 e. The number of alkyl halides is 1. The summed E-state index contributed by atoms with van der Waals surface area (Å²) in [5.74, 6) is 2.61. The van der Waals surface area contributed by atoms with Gasteiger partial charge in [0, 0.05) is 31.9 Å². The quantitative estimate of drug-likeness (QED) is 0.560. The minimum Gasteiger partial charge on any atom is -0.492 e.